The van der Waals surface area contributed by atoms with Gasteiger partial charge in [0.15, 0.2) is 0 Å². The average molecular weight is 483 g/mol. The van der Waals surface area contributed by atoms with Crippen LogP contribution in [0.5, 0.6) is 11.5 Å². The molecule has 0 saturated heterocycles. The van der Waals surface area contributed by atoms with Gasteiger partial charge in [-0.15, -0.1) is 11.3 Å². The molecule has 176 valence electrons. The first-order valence-electron chi connectivity index (χ1n) is 11.3. The van der Waals surface area contributed by atoms with Gasteiger partial charge in [-0.05, 0) is 36.8 Å². The Morgan fingerprint density at radius 1 is 0.971 bits per heavy atom. The van der Waals surface area contributed by atoms with E-state index in [0.717, 1.165) is 55.3 Å². The second kappa shape index (κ2) is 10.0. The minimum atomic E-state index is 0.567. The summed E-state index contributed by atoms with van der Waals surface area (Å²) in [5.41, 5.74) is 6.11. The van der Waals surface area contributed by atoms with Gasteiger partial charge in [0, 0.05) is 33.1 Å². The van der Waals surface area contributed by atoms with Crippen LogP contribution in [0.4, 0.5) is 0 Å². The second-order valence-corrected chi connectivity index (χ2v) is 8.87. The largest absolute Gasteiger partial charge is 0.497 e. The van der Waals surface area contributed by atoms with Gasteiger partial charge in [0.2, 0.25) is 4.80 Å². The number of methoxy groups -OCH3 is 2. The van der Waals surface area contributed by atoms with E-state index in [2.05, 4.69) is 41.6 Å². The highest BCUT2D eigenvalue weighted by Gasteiger charge is 2.14. The Hall–Kier alpha value is -4.10. The third kappa shape index (κ3) is 4.63. The number of hydrogen-bond donors (Lipinski definition) is 1. The van der Waals surface area contributed by atoms with Crippen LogP contribution < -0.4 is 14.3 Å². The summed E-state index contributed by atoms with van der Waals surface area (Å²) in [5.74, 6) is 1.49. The minimum Gasteiger partial charge on any atom is -0.497 e. The Kier molecular flexibility index (Phi) is 6.50. The van der Waals surface area contributed by atoms with Crippen LogP contribution in [-0.2, 0) is 6.54 Å². The summed E-state index contributed by atoms with van der Waals surface area (Å²) in [4.78, 5) is 9.13. The number of benzene rings is 3. The number of aromatic amines is 1. The molecule has 0 aliphatic rings. The highest BCUT2D eigenvalue weighted by atomic mass is 32.1. The molecule has 5 aromatic rings. The lowest BCUT2D eigenvalue weighted by Crippen LogP contribution is -2.13. The molecule has 0 unspecified atom stereocenters. The molecule has 2 heterocycles. The Morgan fingerprint density at radius 3 is 2.57 bits per heavy atom. The van der Waals surface area contributed by atoms with E-state index in [0.29, 0.717) is 6.54 Å². The number of aryl methyl sites for hydroxylation is 1. The van der Waals surface area contributed by atoms with Crippen molar-refractivity contribution in [2.45, 2.75) is 13.5 Å². The number of thiazole rings is 1. The third-order valence-electron chi connectivity index (χ3n) is 5.85. The van der Waals surface area contributed by atoms with Gasteiger partial charge in [0.05, 0.1) is 32.7 Å². The number of ether oxygens (including phenoxy) is 2. The van der Waals surface area contributed by atoms with Crippen LogP contribution in [0.2, 0.25) is 0 Å². The molecule has 0 aliphatic carbocycles. The van der Waals surface area contributed by atoms with Crippen molar-refractivity contribution in [1.82, 2.24) is 9.66 Å². The van der Waals surface area contributed by atoms with E-state index in [4.69, 9.17) is 19.6 Å². The van der Waals surface area contributed by atoms with Crippen molar-refractivity contribution < 1.29 is 9.47 Å². The lowest BCUT2D eigenvalue weighted by Gasteiger charge is -2.11. The SMILES string of the molecule is COc1ccc(OC)c(-c2csc(=NCc3ccccc3)n2N=Cc2c(C)[nH]c3ccccc23)c1. The van der Waals surface area contributed by atoms with E-state index < -0.39 is 0 Å². The lowest BCUT2D eigenvalue weighted by atomic mass is 10.1. The standard InChI is InChI=1S/C28H26N4O2S/c1-19-24(22-11-7-8-12-25(22)31-19)17-30-32-26(23-15-21(33-2)13-14-27(23)34-3)18-35-28(32)29-16-20-9-5-4-6-10-20/h4-15,17-18,31H,16H2,1-3H3. The van der Waals surface area contributed by atoms with Crippen molar-refractivity contribution in [1.29, 1.82) is 0 Å². The van der Waals surface area contributed by atoms with E-state index in [9.17, 15) is 0 Å². The first-order valence-corrected chi connectivity index (χ1v) is 12.1. The summed E-state index contributed by atoms with van der Waals surface area (Å²) in [6, 6.07) is 24.2. The monoisotopic (exact) mass is 482 g/mol. The number of nitrogens with one attached hydrogen (secondary N) is 1. The molecule has 5 rings (SSSR count). The maximum absolute atomic E-state index is 5.67. The Bertz CT molecular complexity index is 1560. The van der Waals surface area contributed by atoms with Crippen LogP contribution in [-0.4, -0.2) is 30.1 Å². The highest BCUT2D eigenvalue weighted by molar-refractivity contribution is 7.07. The summed E-state index contributed by atoms with van der Waals surface area (Å²) in [6.45, 7) is 2.63. The van der Waals surface area contributed by atoms with Gasteiger partial charge in [-0.3, -0.25) is 4.99 Å². The topological polar surface area (TPSA) is 63.9 Å². The molecule has 6 nitrogen and oxygen atoms in total. The van der Waals surface area contributed by atoms with Gasteiger partial charge in [-0.25, -0.2) is 4.68 Å². The van der Waals surface area contributed by atoms with E-state index in [1.165, 1.54) is 0 Å². The van der Waals surface area contributed by atoms with Crippen molar-refractivity contribution in [2.75, 3.05) is 14.2 Å². The molecule has 1 N–H and O–H groups in total. The number of aromatic nitrogens is 2. The van der Waals surface area contributed by atoms with Gasteiger partial charge in [0.25, 0.3) is 0 Å². The molecule has 7 heteroatoms. The average Bonchev–Trinajstić information content (AvgIpc) is 3.45. The molecule has 0 aliphatic heterocycles. The third-order valence-corrected chi connectivity index (χ3v) is 6.71. The number of rotatable bonds is 7. The fourth-order valence-electron chi connectivity index (χ4n) is 4.04. The predicted molar refractivity (Wildman–Crippen MR) is 143 cm³/mol. The normalized spacial score (nSPS) is 12.0. The van der Waals surface area contributed by atoms with Gasteiger partial charge in [0.1, 0.15) is 11.5 Å². The molecular formula is C28H26N4O2S. The van der Waals surface area contributed by atoms with Crippen LogP contribution in [0.1, 0.15) is 16.8 Å². The number of H-pyrrole nitrogens is 1. The van der Waals surface area contributed by atoms with E-state index in [-0.39, 0.29) is 0 Å². The molecule has 35 heavy (non-hydrogen) atoms. The Morgan fingerprint density at radius 2 is 1.77 bits per heavy atom. The fourth-order valence-corrected chi connectivity index (χ4v) is 4.87. The zero-order valence-corrected chi connectivity index (χ0v) is 20.7. The molecule has 0 radical (unpaired) electrons. The van der Waals surface area contributed by atoms with Crippen molar-refractivity contribution >= 4 is 28.5 Å². The molecule has 3 aromatic carbocycles. The number of nitrogens with zero attached hydrogens (tertiary/aromatic N) is 3. The maximum atomic E-state index is 5.67. The quantitative estimate of drug-likeness (QED) is 0.289. The fraction of sp³-hybridized carbons (Fsp3) is 0.143. The van der Waals surface area contributed by atoms with Crippen LogP contribution in [0.25, 0.3) is 22.2 Å². The van der Waals surface area contributed by atoms with Crippen molar-refractivity contribution in [3.8, 4) is 22.8 Å². The zero-order valence-electron chi connectivity index (χ0n) is 19.9. The first-order chi connectivity index (χ1) is 17.2. The maximum Gasteiger partial charge on any atom is 0.206 e. The molecule has 0 bridgehead atoms. The molecule has 0 amide bonds. The molecule has 0 fully saturated rings. The van der Waals surface area contributed by atoms with Crippen LogP contribution >= 0.6 is 11.3 Å². The van der Waals surface area contributed by atoms with Gasteiger partial charge >= 0.3 is 0 Å². The summed E-state index contributed by atoms with van der Waals surface area (Å²) in [6.07, 6.45) is 1.90. The van der Waals surface area contributed by atoms with E-state index in [1.54, 1.807) is 25.6 Å². The smallest absolute Gasteiger partial charge is 0.206 e. The van der Waals surface area contributed by atoms with E-state index >= 15 is 0 Å². The van der Waals surface area contributed by atoms with Crippen LogP contribution in [0.3, 0.4) is 0 Å². The zero-order chi connectivity index (χ0) is 24.2. The number of para-hydroxylation sites is 1. The Labute approximate surface area is 207 Å². The molecule has 0 atom stereocenters. The molecular weight excluding hydrogens is 456 g/mol. The second-order valence-electron chi connectivity index (χ2n) is 8.04. The van der Waals surface area contributed by atoms with Gasteiger partial charge in [-0.1, -0.05) is 48.5 Å². The highest BCUT2D eigenvalue weighted by Crippen LogP contribution is 2.34. The minimum absolute atomic E-state index is 0.567. The molecule has 0 spiro atoms. The van der Waals surface area contributed by atoms with Crippen molar-refractivity contribution in [3.63, 3.8) is 0 Å². The predicted octanol–water partition coefficient (Wildman–Crippen LogP) is 6.01. The van der Waals surface area contributed by atoms with Crippen LogP contribution in [0, 0.1) is 6.92 Å². The first kappa shape index (κ1) is 22.7. The number of fused-ring (bicyclic) bond motifs is 1. The summed E-state index contributed by atoms with van der Waals surface area (Å²) >= 11 is 1.55. The molecule has 2 aromatic heterocycles. The summed E-state index contributed by atoms with van der Waals surface area (Å²) in [5, 5.41) is 8.12. The van der Waals surface area contributed by atoms with Gasteiger partial charge < -0.3 is 14.5 Å². The summed E-state index contributed by atoms with van der Waals surface area (Å²) in [7, 11) is 3.33. The molecule has 0 saturated carbocycles. The summed E-state index contributed by atoms with van der Waals surface area (Å²) < 4.78 is 13.0. The Balaban J connectivity index is 1.66. The van der Waals surface area contributed by atoms with Crippen molar-refractivity contribution in [2.24, 2.45) is 10.1 Å². The number of hydrogen-bond acceptors (Lipinski definition) is 5. The van der Waals surface area contributed by atoms with Crippen molar-refractivity contribution in [3.05, 3.63) is 99.8 Å². The van der Waals surface area contributed by atoms with Crippen LogP contribution in [0.15, 0.2) is 88.3 Å². The van der Waals surface area contributed by atoms with Gasteiger partial charge in [-0.2, -0.15) is 5.10 Å². The lowest BCUT2D eigenvalue weighted by molar-refractivity contribution is 0.404. The van der Waals surface area contributed by atoms with E-state index in [1.807, 2.05) is 59.4 Å².